The average Bonchev–Trinajstić information content (AvgIpc) is 2.58. The molecule has 0 aliphatic carbocycles. The van der Waals surface area contributed by atoms with Crippen LogP contribution in [-0.2, 0) is 9.59 Å². The molecule has 2 amide bonds. The quantitative estimate of drug-likeness (QED) is 0.811. The number of nitrogens with zero attached hydrogens (tertiary/aromatic N) is 1. The molecule has 0 atom stereocenters. The largest absolute Gasteiger partial charge is 0.325 e. The number of carbonyl (C=O) groups is 2. The number of nitrogens with one attached hydrogen (secondary N) is 2. The number of hydrogen-bond donors (Lipinski definition) is 2. The van der Waals surface area contributed by atoms with Crippen LogP contribution in [0.2, 0.25) is 5.02 Å². The SMILES string of the molecule is CC(C)(C(=O)Nc1ccc(C#N)cc1)C(=O)Nc1ccc(F)c(Cl)c1. The fourth-order valence-corrected chi connectivity index (χ4v) is 2.06. The third kappa shape index (κ3) is 4.34. The van der Waals surface area contributed by atoms with Crippen LogP contribution >= 0.6 is 11.6 Å². The lowest BCUT2D eigenvalue weighted by atomic mass is 9.90. The summed E-state index contributed by atoms with van der Waals surface area (Å²) in [6.07, 6.45) is 0. The average molecular weight is 360 g/mol. The molecule has 7 heteroatoms. The van der Waals surface area contributed by atoms with E-state index in [-0.39, 0.29) is 10.7 Å². The highest BCUT2D eigenvalue weighted by atomic mass is 35.5. The molecular formula is C18H15ClFN3O2. The maximum atomic E-state index is 13.2. The Kier molecular flexibility index (Phi) is 5.40. The van der Waals surface area contributed by atoms with Gasteiger partial charge in [0.1, 0.15) is 11.2 Å². The van der Waals surface area contributed by atoms with Crippen molar-refractivity contribution < 1.29 is 14.0 Å². The van der Waals surface area contributed by atoms with Crippen molar-refractivity contribution >= 4 is 34.8 Å². The van der Waals surface area contributed by atoms with E-state index < -0.39 is 23.0 Å². The Bertz CT molecular complexity index is 858. The van der Waals surface area contributed by atoms with Gasteiger partial charge in [0, 0.05) is 11.4 Å². The Morgan fingerprint density at radius 3 is 2.08 bits per heavy atom. The summed E-state index contributed by atoms with van der Waals surface area (Å²) in [7, 11) is 0. The summed E-state index contributed by atoms with van der Waals surface area (Å²) < 4.78 is 13.2. The fourth-order valence-electron chi connectivity index (χ4n) is 1.88. The molecule has 0 aliphatic heterocycles. The Morgan fingerprint density at radius 2 is 1.56 bits per heavy atom. The van der Waals surface area contributed by atoms with Gasteiger partial charge in [-0.1, -0.05) is 11.6 Å². The molecule has 0 spiro atoms. The molecule has 0 radical (unpaired) electrons. The van der Waals surface area contributed by atoms with Crippen LogP contribution in [0.1, 0.15) is 19.4 Å². The van der Waals surface area contributed by atoms with Gasteiger partial charge in [0.05, 0.1) is 16.7 Å². The second-order valence-electron chi connectivity index (χ2n) is 5.85. The highest BCUT2D eigenvalue weighted by molar-refractivity contribution is 6.31. The first-order valence-electron chi connectivity index (χ1n) is 7.32. The minimum Gasteiger partial charge on any atom is -0.325 e. The zero-order chi connectivity index (χ0) is 18.6. The van der Waals surface area contributed by atoms with Crippen LogP contribution in [0.25, 0.3) is 0 Å². The summed E-state index contributed by atoms with van der Waals surface area (Å²) in [5.41, 5.74) is -0.178. The summed E-state index contributed by atoms with van der Waals surface area (Å²) in [6.45, 7) is 2.93. The highest BCUT2D eigenvalue weighted by Gasteiger charge is 2.36. The van der Waals surface area contributed by atoms with E-state index in [0.717, 1.165) is 6.07 Å². The zero-order valence-electron chi connectivity index (χ0n) is 13.6. The van der Waals surface area contributed by atoms with E-state index in [1.54, 1.807) is 24.3 Å². The number of nitriles is 1. The van der Waals surface area contributed by atoms with Crippen molar-refractivity contribution in [1.29, 1.82) is 5.26 Å². The van der Waals surface area contributed by atoms with Gasteiger partial charge in [0.15, 0.2) is 0 Å². The first-order valence-corrected chi connectivity index (χ1v) is 7.70. The third-order valence-corrected chi connectivity index (χ3v) is 3.87. The lowest BCUT2D eigenvalue weighted by Crippen LogP contribution is -2.41. The van der Waals surface area contributed by atoms with Gasteiger partial charge in [-0.15, -0.1) is 0 Å². The van der Waals surface area contributed by atoms with Crippen LogP contribution in [0.3, 0.4) is 0 Å². The lowest BCUT2D eigenvalue weighted by Gasteiger charge is -2.23. The van der Waals surface area contributed by atoms with E-state index in [2.05, 4.69) is 10.6 Å². The monoisotopic (exact) mass is 359 g/mol. The molecule has 0 saturated carbocycles. The first-order chi connectivity index (χ1) is 11.7. The van der Waals surface area contributed by atoms with Crippen LogP contribution < -0.4 is 10.6 Å². The van der Waals surface area contributed by atoms with Crippen molar-refractivity contribution in [3.8, 4) is 6.07 Å². The van der Waals surface area contributed by atoms with Crippen molar-refractivity contribution in [3.63, 3.8) is 0 Å². The molecule has 2 N–H and O–H groups in total. The zero-order valence-corrected chi connectivity index (χ0v) is 14.3. The van der Waals surface area contributed by atoms with E-state index in [1.807, 2.05) is 6.07 Å². The Balaban J connectivity index is 2.09. The second kappa shape index (κ2) is 7.32. The Morgan fingerprint density at radius 1 is 1.04 bits per heavy atom. The predicted octanol–water partition coefficient (Wildman–Crippen LogP) is 3.95. The highest BCUT2D eigenvalue weighted by Crippen LogP contribution is 2.24. The minimum absolute atomic E-state index is 0.127. The van der Waals surface area contributed by atoms with Crippen molar-refractivity contribution in [3.05, 3.63) is 58.9 Å². The maximum absolute atomic E-state index is 13.2. The standard InChI is InChI=1S/C18H15ClFN3O2/c1-18(2,16(24)22-12-5-3-11(10-21)4-6-12)17(25)23-13-7-8-15(20)14(19)9-13/h3-9H,1-2H3,(H,22,24)(H,23,25). The summed E-state index contributed by atoms with van der Waals surface area (Å²) in [4.78, 5) is 24.8. The van der Waals surface area contributed by atoms with Crippen LogP contribution in [0.15, 0.2) is 42.5 Å². The molecule has 25 heavy (non-hydrogen) atoms. The van der Waals surface area contributed by atoms with Crippen LogP contribution in [0.4, 0.5) is 15.8 Å². The number of amides is 2. The van der Waals surface area contributed by atoms with Crippen LogP contribution in [-0.4, -0.2) is 11.8 Å². The molecule has 5 nitrogen and oxygen atoms in total. The van der Waals surface area contributed by atoms with E-state index in [9.17, 15) is 14.0 Å². The van der Waals surface area contributed by atoms with Crippen molar-refractivity contribution in [2.45, 2.75) is 13.8 Å². The minimum atomic E-state index is -1.39. The number of anilines is 2. The van der Waals surface area contributed by atoms with Crippen LogP contribution in [0.5, 0.6) is 0 Å². The molecular weight excluding hydrogens is 345 g/mol. The molecule has 0 aliphatic rings. The first kappa shape index (κ1) is 18.4. The topological polar surface area (TPSA) is 82.0 Å². The molecule has 2 aromatic carbocycles. The van der Waals surface area contributed by atoms with Gasteiger partial charge in [0.2, 0.25) is 11.8 Å². The van der Waals surface area contributed by atoms with E-state index >= 15 is 0 Å². The molecule has 0 unspecified atom stereocenters. The molecule has 2 aromatic rings. The van der Waals surface area contributed by atoms with E-state index in [0.29, 0.717) is 11.3 Å². The summed E-state index contributed by atoms with van der Waals surface area (Å²) in [5, 5.41) is 13.8. The normalized spacial score (nSPS) is 10.7. The summed E-state index contributed by atoms with van der Waals surface area (Å²) in [5.74, 6) is -1.69. The summed E-state index contributed by atoms with van der Waals surface area (Å²) >= 11 is 5.68. The van der Waals surface area contributed by atoms with Crippen molar-refractivity contribution in [2.24, 2.45) is 5.41 Å². The van der Waals surface area contributed by atoms with Gasteiger partial charge in [-0.05, 0) is 56.3 Å². The molecule has 0 fully saturated rings. The van der Waals surface area contributed by atoms with Gasteiger partial charge in [0.25, 0.3) is 0 Å². The number of rotatable bonds is 4. The maximum Gasteiger partial charge on any atom is 0.239 e. The Hall–Kier alpha value is -2.91. The molecule has 0 saturated heterocycles. The van der Waals surface area contributed by atoms with Gasteiger partial charge >= 0.3 is 0 Å². The van der Waals surface area contributed by atoms with Crippen molar-refractivity contribution in [1.82, 2.24) is 0 Å². The van der Waals surface area contributed by atoms with Gasteiger partial charge in [-0.25, -0.2) is 4.39 Å². The fraction of sp³-hybridized carbons (Fsp3) is 0.167. The molecule has 128 valence electrons. The van der Waals surface area contributed by atoms with Gasteiger partial charge < -0.3 is 10.6 Å². The van der Waals surface area contributed by atoms with Gasteiger partial charge in [-0.2, -0.15) is 5.26 Å². The number of benzene rings is 2. The van der Waals surface area contributed by atoms with E-state index in [4.69, 9.17) is 16.9 Å². The predicted molar refractivity (Wildman–Crippen MR) is 93.6 cm³/mol. The molecule has 2 rings (SSSR count). The number of halogens is 2. The lowest BCUT2D eigenvalue weighted by molar-refractivity contribution is -0.135. The third-order valence-electron chi connectivity index (χ3n) is 3.58. The smallest absolute Gasteiger partial charge is 0.239 e. The van der Waals surface area contributed by atoms with Gasteiger partial charge in [-0.3, -0.25) is 9.59 Å². The number of hydrogen-bond acceptors (Lipinski definition) is 3. The molecule has 0 bridgehead atoms. The van der Waals surface area contributed by atoms with Crippen molar-refractivity contribution in [2.75, 3.05) is 10.6 Å². The van der Waals surface area contributed by atoms with Crippen LogP contribution in [0, 0.1) is 22.6 Å². The molecule has 0 aromatic heterocycles. The second-order valence-corrected chi connectivity index (χ2v) is 6.26. The summed E-state index contributed by atoms with van der Waals surface area (Å²) in [6, 6.07) is 12.0. The number of carbonyl (C=O) groups excluding carboxylic acids is 2. The Labute approximate surface area is 149 Å². The molecule has 0 heterocycles. The van der Waals surface area contributed by atoms with E-state index in [1.165, 1.54) is 26.0 Å².